The monoisotopic (exact) mass is 283 g/mol. The van der Waals surface area contributed by atoms with Crippen molar-refractivity contribution in [3.63, 3.8) is 0 Å². The van der Waals surface area contributed by atoms with E-state index in [9.17, 15) is 26.7 Å². The summed E-state index contributed by atoms with van der Waals surface area (Å²) >= 11 is 0. The van der Waals surface area contributed by atoms with Crippen LogP contribution in [0.15, 0.2) is 6.20 Å². The molecule has 0 bridgehead atoms. The summed E-state index contributed by atoms with van der Waals surface area (Å²) in [6.07, 6.45) is -8.46. The van der Waals surface area contributed by atoms with Crippen molar-refractivity contribution >= 4 is 5.97 Å². The van der Waals surface area contributed by atoms with E-state index in [1.807, 2.05) is 0 Å². The van der Waals surface area contributed by atoms with Gasteiger partial charge in [-0.15, -0.1) is 0 Å². The first-order chi connectivity index (χ1) is 8.68. The van der Waals surface area contributed by atoms with Crippen LogP contribution in [0.25, 0.3) is 0 Å². The fourth-order valence-electron chi connectivity index (χ4n) is 1.61. The van der Waals surface area contributed by atoms with Crippen LogP contribution in [-0.4, -0.2) is 18.1 Å². The number of aromatic nitrogens is 1. The van der Waals surface area contributed by atoms with Crippen LogP contribution in [0.4, 0.5) is 22.0 Å². The first kappa shape index (κ1) is 15.3. The van der Waals surface area contributed by atoms with Crippen LogP contribution in [0.2, 0.25) is 0 Å². The number of carbonyl (C=O) groups is 1. The predicted octanol–water partition coefficient (Wildman–Crippen LogP) is 3.06. The molecule has 1 heterocycles. The van der Waals surface area contributed by atoms with Crippen LogP contribution in [0.1, 0.15) is 28.8 Å². The Balaban J connectivity index is 3.49. The number of methoxy groups -OCH3 is 1. The summed E-state index contributed by atoms with van der Waals surface area (Å²) in [5, 5.41) is 0. The van der Waals surface area contributed by atoms with Crippen molar-refractivity contribution in [3.8, 4) is 0 Å². The minimum atomic E-state index is -4.87. The van der Waals surface area contributed by atoms with Gasteiger partial charge in [0, 0.05) is 17.5 Å². The minimum absolute atomic E-state index is 0.248. The van der Waals surface area contributed by atoms with Gasteiger partial charge in [0.05, 0.1) is 19.1 Å². The van der Waals surface area contributed by atoms with E-state index >= 15 is 0 Å². The summed E-state index contributed by atoms with van der Waals surface area (Å²) < 4.78 is 68.2. The van der Waals surface area contributed by atoms with Gasteiger partial charge < -0.3 is 4.74 Å². The van der Waals surface area contributed by atoms with Crippen LogP contribution in [0.3, 0.4) is 0 Å². The molecule has 0 aliphatic carbocycles. The lowest BCUT2D eigenvalue weighted by atomic mass is 9.98. The van der Waals surface area contributed by atoms with Gasteiger partial charge in [0.25, 0.3) is 6.43 Å². The molecule has 0 atom stereocenters. The lowest BCUT2D eigenvalue weighted by Crippen LogP contribution is -2.17. The van der Waals surface area contributed by atoms with E-state index in [-0.39, 0.29) is 5.69 Å². The molecular formula is C11H10F5NO2. The fraction of sp³-hybridized carbons (Fsp3) is 0.455. The third-order valence-corrected chi connectivity index (χ3v) is 2.50. The highest BCUT2D eigenvalue weighted by Gasteiger charge is 2.37. The van der Waals surface area contributed by atoms with Crippen LogP contribution in [0, 0.1) is 6.92 Å². The lowest BCUT2D eigenvalue weighted by molar-refractivity contribution is -0.141. The molecule has 0 radical (unpaired) electrons. The van der Waals surface area contributed by atoms with Crippen molar-refractivity contribution in [3.05, 3.63) is 28.6 Å². The highest BCUT2D eigenvalue weighted by Crippen LogP contribution is 2.37. The number of hydrogen-bond acceptors (Lipinski definition) is 3. The van der Waals surface area contributed by atoms with E-state index in [2.05, 4.69) is 9.72 Å². The molecule has 0 fully saturated rings. The largest absolute Gasteiger partial charge is 0.469 e. The van der Waals surface area contributed by atoms with Gasteiger partial charge >= 0.3 is 12.1 Å². The number of pyridine rings is 1. The molecular weight excluding hydrogens is 273 g/mol. The van der Waals surface area contributed by atoms with Crippen molar-refractivity contribution in [1.29, 1.82) is 0 Å². The molecule has 1 aromatic heterocycles. The van der Waals surface area contributed by atoms with Crippen molar-refractivity contribution in [2.45, 2.75) is 25.9 Å². The molecule has 0 aliphatic rings. The number of carbonyl (C=O) groups excluding carboxylic acids is 1. The maximum absolute atomic E-state index is 12.9. The molecule has 106 valence electrons. The number of nitrogens with zero attached hydrogens (tertiary/aromatic N) is 1. The quantitative estimate of drug-likeness (QED) is 0.632. The molecule has 3 nitrogen and oxygen atoms in total. The average molecular weight is 283 g/mol. The highest BCUT2D eigenvalue weighted by atomic mass is 19.4. The van der Waals surface area contributed by atoms with Crippen LogP contribution >= 0.6 is 0 Å². The molecule has 0 aromatic carbocycles. The fourth-order valence-corrected chi connectivity index (χ4v) is 1.61. The summed E-state index contributed by atoms with van der Waals surface area (Å²) in [5.41, 5.74) is -3.26. The zero-order valence-electron chi connectivity index (χ0n) is 10.0. The maximum atomic E-state index is 12.9. The van der Waals surface area contributed by atoms with E-state index in [0.29, 0.717) is 6.20 Å². The number of alkyl halides is 5. The SMILES string of the molecule is COC(=O)Cc1c(C(F)(F)F)cnc(C)c1C(F)F. The maximum Gasteiger partial charge on any atom is 0.418 e. The lowest BCUT2D eigenvalue weighted by Gasteiger charge is -2.17. The van der Waals surface area contributed by atoms with E-state index in [0.717, 1.165) is 14.0 Å². The molecule has 0 saturated carbocycles. The van der Waals surface area contributed by atoms with Gasteiger partial charge in [-0.05, 0) is 12.5 Å². The van der Waals surface area contributed by atoms with E-state index in [1.165, 1.54) is 0 Å². The Morgan fingerprint density at radius 2 is 2.00 bits per heavy atom. The summed E-state index contributed by atoms with van der Waals surface area (Å²) in [6.45, 7) is 1.16. The third-order valence-electron chi connectivity index (χ3n) is 2.50. The van der Waals surface area contributed by atoms with Crippen LogP contribution < -0.4 is 0 Å². The predicted molar refractivity (Wildman–Crippen MR) is 54.7 cm³/mol. The van der Waals surface area contributed by atoms with Gasteiger partial charge in [0.1, 0.15) is 0 Å². The van der Waals surface area contributed by atoms with Crippen molar-refractivity contribution in [2.24, 2.45) is 0 Å². The molecule has 1 aromatic rings. The molecule has 0 saturated heterocycles. The van der Waals surface area contributed by atoms with Gasteiger partial charge in [-0.3, -0.25) is 9.78 Å². The van der Waals surface area contributed by atoms with Gasteiger partial charge in [-0.1, -0.05) is 0 Å². The molecule has 0 amide bonds. The first-order valence-electron chi connectivity index (χ1n) is 5.09. The first-order valence-corrected chi connectivity index (χ1v) is 5.09. The zero-order chi connectivity index (χ0) is 14.8. The zero-order valence-corrected chi connectivity index (χ0v) is 10.0. The van der Waals surface area contributed by atoms with Gasteiger partial charge in [0.15, 0.2) is 0 Å². The normalized spacial score (nSPS) is 11.8. The average Bonchev–Trinajstić information content (AvgIpc) is 2.26. The molecule has 0 aliphatic heterocycles. The number of rotatable bonds is 3. The summed E-state index contributed by atoms with van der Waals surface area (Å²) in [4.78, 5) is 14.4. The Bertz CT molecular complexity index is 485. The van der Waals surface area contributed by atoms with Gasteiger partial charge in [0.2, 0.25) is 0 Å². The molecule has 8 heteroatoms. The van der Waals surface area contributed by atoms with Crippen molar-refractivity contribution < 1.29 is 31.5 Å². The second-order valence-corrected chi connectivity index (χ2v) is 3.70. The highest BCUT2D eigenvalue weighted by molar-refractivity contribution is 5.73. The topological polar surface area (TPSA) is 39.2 Å². The Morgan fingerprint density at radius 3 is 2.42 bits per heavy atom. The number of esters is 1. The van der Waals surface area contributed by atoms with Gasteiger partial charge in [-0.2, -0.15) is 13.2 Å². The molecule has 0 unspecified atom stereocenters. The summed E-state index contributed by atoms with van der Waals surface area (Å²) in [5.74, 6) is -1.03. The van der Waals surface area contributed by atoms with Crippen LogP contribution in [-0.2, 0) is 22.1 Å². The Kier molecular flexibility index (Phi) is 4.43. The standard InChI is InChI=1S/C11H10F5NO2/c1-5-9(10(12)13)6(3-8(18)19-2)7(4-17-5)11(14,15)16/h4,10H,3H2,1-2H3. The van der Waals surface area contributed by atoms with E-state index < -0.39 is 41.7 Å². The second kappa shape index (κ2) is 5.50. The Labute approximate surface area is 105 Å². The Hall–Kier alpha value is -1.73. The van der Waals surface area contributed by atoms with Crippen LogP contribution in [0.5, 0.6) is 0 Å². The van der Waals surface area contributed by atoms with Gasteiger partial charge in [-0.25, -0.2) is 8.78 Å². The second-order valence-electron chi connectivity index (χ2n) is 3.70. The number of hydrogen-bond donors (Lipinski definition) is 0. The van der Waals surface area contributed by atoms with E-state index in [1.54, 1.807) is 0 Å². The van der Waals surface area contributed by atoms with Crippen molar-refractivity contribution in [2.75, 3.05) is 7.11 Å². The Morgan fingerprint density at radius 1 is 1.42 bits per heavy atom. The van der Waals surface area contributed by atoms with Crippen molar-refractivity contribution in [1.82, 2.24) is 4.98 Å². The summed E-state index contributed by atoms with van der Waals surface area (Å²) in [6, 6.07) is 0. The molecule has 0 N–H and O–H groups in total. The summed E-state index contributed by atoms with van der Waals surface area (Å²) in [7, 11) is 0.964. The van der Waals surface area contributed by atoms with E-state index in [4.69, 9.17) is 0 Å². The molecule has 0 spiro atoms. The smallest absolute Gasteiger partial charge is 0.418 e. The minimum Gasteiger partial charge on any atom is -0.469 e. The third kappa shape index (κ3) is 3.39. The number of halogens is 5. The number of aryl methyl sites for hydroxylation is 1. The number of ether oxygens (including phenoxy) is 1. The molecule has 1 rings (SSSR count). The molecule has 19 heavy (non-hydrogen) atoms.